The first kappa shape index (κ1) is 30.4. The van der Waals surface area contributed by atoms with Gasteiger partial charge in [0.25, 0.3) is 5.91 Å². The summed E-state index contributed by atoms with van der Waals surface area (Å²) in [5.41, 5.74) is -0.103. The lowest BCUT2D eigenvalue weighted by molar-refractivity contribution is -0.158. The minimum absolute atomic E-state index is 0.0358. The lowest BCUT2D eigenvalue weighted by atomic mass is 9.77. The maximum atomic E-state index is 13.4. The fourth-order valence-electron chi connectivity index (χ4n) is 4.77. The van der Waals surface area contributed by atoms with E-state index in [1.54, 1.807) is 12.1 Å². The van der Waals surface area contributed by atoms with Gasteiger partial charge < -0.3 is 24.2 Å². The number of aliphatic hydroxyl groups excluding tert-OH is 1. The van der Waals surface area contributed by atoms with Crippen LogP contribution in [0.1, 0.15) is 59.3 Å². The van der Waals surface area contributed by atoms with E-state index in [1.165, 1.54) is 30.0 Å². The Morgan fingerprint density at radius 3 is 2.29 bits per heavy atom. The zero-order chi connectivity index (χ0) is 27.8. The molecule has 0 spiro atoms. The number of likely N-dealkylation sites (tertiary alicyclic amines) is 1. The molecule has 1 aromatic carbocycles. The second-order valence-electron chi connectivity index (χ2n) is 11.0. The highest BCUT2D eigenvalue weighted by molar-refractivity contribution is 7.89. The Labute approximate surface area is 227 Å². The summed E-state index contributed by atoms with van der Waals surface area (Å²) in [4.78, 5) is 15.4. The maximum absolute atomic E-state index is 13.4. The Morgan fingerprint density at radius 1 is 1.08 bits per heavy atom. The van der Waals surface area contributed by atoms with Gasteiger partial charge in [0.05, 0.1) is 25.2 Å². The fraction of sp³-hybridized carbons (Fsp3) is 0.679. The number of nitrogens with zero attached hydrogens (tertiary/aromatic N) is 2. The summed E-state index contributed by atoms with van der Waals surface area (Å²) < 4.78 is 44.8. The predicted octanol–water partition coefficient (Wildman–Crippen LogP) is 3.78. The van der Waals surface area contributed by atoms with Crippen LogP contribution in [0.5, 0.6) is 5.75 Å². The van der Waals surface area contributed by atoms with Gasteiger partial charge in [-0.05, 0) is 54.5 Å². The molecule has 2 aliphatic heterocycles. The Morgan fingerprint density at radius 2 is 1.71 bits per heavy atom. The monoisotopic (exact) mass is 552 g/mol. The van der Waals surface area contributed by atoms with Crippen LogP contribution in [0.3, 0.4) is 0 Å². The average Bonchev–Trinajstić information content (AvgIpc) is 2.87. The van der Waals surface area contributed by atoms with Crippen molar-refractivity contribution < 1.29 is 32.5 Å². The van der Waals surface area contributed by atoms with Crippen LogP contribution in [0.15, 0.2) is 41.0 Å². The van der Waals surface area contributed by atoms with Crippen LogP contribution >= 0.6 is 0 Å². The van der Waals surface area contributed by atoms with E-state index in [0.29, 0.717) is 17.9 Å². The van der Waals surface area contributed by atoms with Crippen LogP contribution in [-0.2, 0) is 24.3 Å². The van der Waals surface area contributed by atoms with Crippen LogP contribution < -0.4 is 4.74 Å². The molecule has 9 nitrogen and oxygen atoms in total. The molecule has 2 atom stereocenters. The van der Waals surface area contributed by atoms with Crippen LogP contribution in [0.4, 0.5) is 0 Å². The molecule has 0 aromatic heterocycles. The Hall–Kier alpha value is -2.14. The second kappa shape index (κ2) is 13.8. The van der Waals surface area contributed by atoms with Crippen molar-refractivity contribution >= 4 is 15.9 Å². The first-order valence-electron chi connectivity index (χ1n) is 13.6. The standard InChI is InChI=1S/C28H44N2O7S/c1-28(2,3)22-20-25(27(32)29-14-8-6-5-7-9-15-29)37-26(21-22)36-19-17-30(16-18-31)38(33,34)24-12-10-23(35-4)11-13-24/h10-13,20,22,26,31H,5-9,14-19,21H2,1-4H3/t22-,26+/m0/s1. The number of aliphatic hydroxyl groups is 1. The Bertz CT molecular complexity index is 1030. The van der Waals surface area contributed by atoms with Crippen molar-refractivity contribution in [2.24, 2.45) is 11.3 Å². The molecular weight excluding hydrogens is 508 g/mol. The molecule has 1 aromatic rings. The number of hydrogen-bond donors (Lipinski definition) is 1. The minimum Gasteiger partial charge on any atom is -0.497 e. The minimum atomic E-state index is -3.85. The highest BCUT2D eigenvalue weighted by atomic mass is 32.2. The Balaban J connectivity index is 1.67. The van der Waals surface area contributed by atoms with E-state index < -0.39 is 16.3 Å². The van der Waals surface area contributed by atoms with Crippen LogP contribution in [0, 0.1) is 11.3 Å². The number of benzene rings is 1. The van der Waals surface area contributed by atoms with E-state index in [4.69, 9.17) is 14.2 Å². The average molecular weight is 553 g/mol. The van der Waals surface area contributed by atoms with Gasteiger partial charge in [-0.2, -0.15) is 4.31 Å². The van der Waals surface area contributed by atoms with Gasteiger partial charge in [-0.25, -0.2) is 8.42 Å². The van der Waals surface area contributed by atoms with Crippen molar-refractivity contribution in [2.45, 2.75) is 70.5 Å². The normalized spacial score (nSPS) is 21.3. The first-order valence-corrected chi connectivity index (χ1v) is 15.0. The van der Waals surface area contributed by atoms with Gasteiger partial charge in [-0.1, -0.05) is 40.0 Å². The van der Waals surface area contributed by atoms with Crippen molar-refractivity contribution in [1.82, 2.24) is 9.21 Å². The second-order valence-corrected chi connectivity index (χ2v) is 13.0. The molecule has 2 aliphatic rings. The van der Waals surface area contributed by atoms with E-state index in [2.05, 4.69) is 20.8 Å². The van der Waals surface area contributed by atoms with Crippen molar-refractivity contribution in [1.29, 1.82) is 0 Å². The summed E-state index contributed by atoms with van der Waals surface area (Å²) in [6.07, 6.45) is 7.28. The molecule has 214 valence electrons. The number of amides is 1. The molecule has 10 heteroatoms. The van der Waals surface area contributed by atoms with E-state index in [0.717, 1.165) is 38.8 Å². The summed E-state index contributed by atoms with van der Waals surface area (Å²) >= 11 is 0. The number of rotatable bonds is 10. The summed E-state index contributed by atoms with van der Waals surface area (Å²) in [5.74, 6) is 0.836. The van der Waals surface area contributed by atoms with Crippen molar-refractivity contribution in [2.75, 3.05) is 46.5 Å². The van der Waals surface area contributed by atoms with Crippen molar-refractivity contribution in [3.05, 3.63) is 36.1 Å². The quantitative estimate of drug-likeness (QED) is 0.471. The van der Waals surface area contributed by atoms with Crippen LogP contribution in [-0.4, -0.2) is 81.4 Å². The summed E-state index contributed by atoms with van der Waals surface area (Å²) in [7, 11) is -2.33. The highest BCUT2D eigenvalue weighted by Gasteiger charge is 2.35. The van der Waals surface area contributed by atoms with Gasteiger partial charge in [-0.3, -0.25) is 4.79 Å². The summed E-state index contributed by atoms with van der Waals surface area (Å²) in [6.45, 7) is 7.54. The number of sulfonamides is 1. The van der Waals surface area contributed by atoms with Gasteiger partial charge in [0, 0.05) is 32.6 Å². The number of methoxy groups -OCH3 is 1. The predicted molar refractivity (Wildman–Crippen MR) is 145 cm³/mol. The molecule has 1 N–H and O–H groups in total. The molecule has 0 bridgehead atoms. The third-order valence-corrected chi connectivity index (χ3v) is 9.13. The molecule has 0 aliphatic carbocycles. The van der Waals surface area contributed by atoms with E-state index >= 15 is 0 Å². The first-order chi connectivity index (χ1) is 18.1. The molecule has 2 heterocycles. The number of allylic oxidation sites excluding steroid dienone is 1. The molecule has 0 unspecified atom stereocenters. The van der Waals surface area contributed by atoms with E-state index in [-0.39, 0.29) is 48.4 Å². The lowest BCUT2D eigenvalue weighted by Gasteiger charge is -2.37. The molecule has 1 fully saturated rings. The number of carbonyl (C=O) groups excluding carboxylic acids is 1. The third kappa shape index (κ3) is 8.18. The molecule has 1 amide bonds. The zero-order valence-corrected chi connectivity index (χ0v) is 24.0. The SMILES string of the molecule is COc1ccc(S(=O)(=O)N(CCO)CCO[C@H]2C[C@@H](C(C)(C)C)C=C(C(=O)N3CCCCCCC3)O2)cc1. The molecule has 0 radical (unpaired) electrons. The fourth-order valence-corrected chi connectivity index (χ4v) is 6.18. The van der Waals surface area contributed by atoms with Gasteiger partial charge in [0.1, 0.15) is 5.75 Å². The van der Waals surface area contributed by atoms with E-state index in [1.807, 2.05) is 11.0 Å². The maximum Gasteiger partial charge on any atom is 0.288 e. The van der Waals surface area contributed by atoms with Crippen molar-refractivity contribution in [3.8, 4) is 5.75 Å². The van der Waals surface area contributed by atoms with E-state index in [9.17, 15) is 18.3 Å². The smallest absolute Gasteiger partial charge is 0.288 e. The van der Waals surface area contributed by atoms with Gasteiger partial charge in [0.15, 0.2) is 5.76 Å². The summed E-state index contributed by atoms with van der Waals surface area (Å²) in [6, 6.07) is 6.12. The van der Waals surface area contributed by atoms with Gasteiger partial charge >= 0.3 is 0 Å². The largest absolute Gasteiger partial charge is 0.497 e. The van der Waals surface area contributed by atoms with Crippen LogP contribution in [0.25, 0.3) is 0 Å². The summed E-state index contributed by atoms with van der Waals surface area (Å²) in [5, 5.41) is 9.52. The highest BCUT2D eigenvalue weighted by Crippen LogP contribution is 2.37. The van der Waals surface area contributed by atoms with Crippen LogP contribution in [0.2, 0.25) is 0 Å². The molecule has 1 saturated heterocycles. The third-order valence-electron chi connectivity index (χ3n) is 7.21. The number of ether oxygens (including phenoxy) is 3. The Kier molecular flexibility index (Phi) is 11.0. The van der Waals surface area contributed by atoms with Gasteiger partial charge in [0.2, 0.25) is 16.3 Å². The van der Waals surface area contributed by atoms with Crippen molar-refractivity contribution in [3.63, 3.8) is 0 Å². The molecular formula is C28H44N2O7S. The molecule has 3 rings (SSSR count). The topological polar surface area (TPSA) is 106 Å². The zero-order valence-electron chi connectivity index (χ0n) is 23.2. The lowest BCUT2D eigenvalue weighted by Crippen LogP contribution is -2.41. The number of carbonyl (C=O) groups is 1. The van der Waals surface area contributed by atoms with Gasteiger partial charge in [-0.15, -0.1) is 0 Å². The number of hydrogen-bond acceptors (Lipinski definition) is 7. The molecule has 38 heavy (non-hydrogen) atoms. The molecule has 0 saturated carbocycles.